The number of amides is 1. The van der Waals surface area contributed by atoms with Crippen molar-refractivity contribution in [2.45, 2.75) is 36.6 Å². The Hall–Kier alpha value is -1.68. The van der Waals surface area contributed by atoms with Crippen molar-refractivity contribution < 1.29 is 22.7 Å². The first-order valence-electron chi connectivity index (χ1n) is 8.57. The van der Waals surface area contributed by atoms with Crippen molar-refractivity contribution in [2.24, 2.45) is 5.73 Å². The molecule has 0 spiro atoms. The Bertz CT molecular complexity index is 757. The van der Waals surface area contributed by atoms with Crippen LogP contribution >= 0.6 is 12.4 Å². The number of halogens is 1. The minimum Gasteiger partial charge on any atom is -0.465 e. The SMILES string of the molecule is COC(=O)c1ccccc1S(=O)(=O)N1CCCCC1CNC(=O)CCN.Cl. The number of sulfonamides is 1. The van der Waals surface area contributed by atoms with Crippen LogP contribution in [0.3, 0.4) is 0 Å². The van der Waals surface area contributed by atoms with Gasteiger partial charge in [-0.25, -0.2) is 13.2 Å². The summed E-state index contributed by atoms with van der Waals surface area (Å²) in [5.41, 5.74) is 5.36. The summed E-state index contributed by atoms with van der Waals surface area (Å²) in [4.78, 5) is 23.6. The number of hydrogen-bond acceptors (Lipinski definition) is 6. The Kier molecular flexibility index (Phi) is 9.17. The Morgan fingerprint density at radius 3 is 2.67 bits per heavy atom. The van der Waals surface area contributed by atoms with E-state index in [0.29, 0.717) is 13.0 Å². The molecule has 1 aliphatic rings. The zero-order valence-corrected chi connectivity index (χ0v) is 16.9. The third kappa shape index (κ3) is 5.65. The van der Waals surface area contributed by atoms with Crippen molar-refractivity contribution in [3.8, 4) is 0 Å². The molecule has 1 saturated heterocycles. The predicted molar refractivity (Wildman–Crippen MR) is 103 cm³/mol. The maximum Gasteiger partial charge on any atom is 0.339 e. The highest BCUT2D eigenvalue weighted by atomic mass is 35.5. The van der Waals surface area contributed by atoms with Gasteiger partial charge < -0.3 is 15.8 Å². The smallest absolute Gasteiger partial charge is 0.339 e. The molecule has 0 saturated carbocycles. The summed E-state index contributed by atoms with van der Waals surface area (Å²) in [7, 11) is -2.69. The Labute approximate surface area is 165 Å². The quantitative estimate of drug-likeness (QED) is 0.634. The highest BCUT2D eigenvalue weighted by Gasteiger charge is 2.35. The number of hydrogen-bond donors (Lipinski definition) is 2. The van der Waals surface area contributed by atoms with Crippen LogP contribution in [0.2, 0.25) is 0 Å². The molecule has 1 aromatic carbocycles. The topological polar surface area (TPSA) is 119 Å². The fraction of sp³-hybridized carbons (Fsp3) is 0.529. The second kappa shape index (κ2) is 10.6. The normalized spacial score (nSPS) is 17.6. The van der Waals surface area contributed by atoms with Gasteiger partial charge in [-0.1, -0.05) is 18.6 Å². The van der Waals surface area contributed by atoms with E-state index in [1.54, 1.807) is 12.1 Å². The van der Waals surface area contributed by atoms with Gasteiger partial charge in [-0.3, -0.25) is 4.79 Å². The van der Waals surface area contributed by atoms with Crippen LogP contribution in [0.25, 0.3) is 0 Å². The average molecular weight is 420 g/mol. The van der Waals surface area contributed by atoms with Gasteiger partial charge in [-0.05, 0) is 25.0 Å². The van der Waals surface area contributed by atoms with Crippen LogP contribution < -0.4 is 11.1 Å². The molecule has 0 aromatic heterocycles. The summed E-state index contributed by atoms with van der Waals surface area (Å²) in [5.74, 6) is -0.903. The zero-order valence-electron chi connectivity index (χ0n) is 15.2. The predicted octanol–water partition coefficient (Wildman–Crippen LogP) is 0.903. The molecule has 10 heteroatoms. The van der Waals surface area contributed by atoms with E-state index in [-0.39, 0.29) is 54.3 Å². The number of carbonyl (C=O) groups excluding carboxylic acids is 2. The van der Waals surface area contributed by atoms with E-state index < -0.39 is 16.0 Å². The number of piperidine rings is 1. The molecule has 0 radical (unpaired) electrons. The van der Waals surface area contributed by atoms with Crippen LogP contribution in [0.1, 0.15) is 36.0 Å². The van der Waals surface area contributed by atoms with E-state index in [0.717, 1.165) is 12.8 Å². The average Bonchev–Trinajstić information content (AvgIpc) is 2.66. The van der Waals surface area contributed by atoms with Crippen LogP contribution in [0.5, 0.6) is 0 Å². The molecule has 1 atom stereocenters. The van der Waals surface area contributed by atoms with Gasteiger partial charge in [0, 0.05) is 32.1 Å². The van der Waals surface area contributed by atoms with Crippen LogP contribution in [0.4, 0.5) is 0 Å². The lowest BCUT2D eigenvalue weighted by atomic mass is 10.1. The van der Waals surface area contributed by atoms with Crippen LogP contribution in [0, 0.1) is 0 Å². The number of ether oxygens (including phenoxy) is 1. The molecule has 1 heterocycles. The minimum absolute atomic E-state index is 0. The molecule has 0 bridgehead atoms. The third-order valence-electron chi connectivity index (χ3n) is 4.36. The number of nitrogens with one attached hydrogen (secondary N) is 1. The number of carbonyl (C=O) groups is 2. The third-order valence-corrected chi connectivity index (χ3v) is 6.37. The Balaban J connectivity index is 0.00000364. The van der Waals surface area contributed by atoms with Crippen molar-refractivity contribution >= 4 is 34.3 Å². The molecule has 8 nitrogen and oxygen atoms in total. The molecular formula is C17H26ClN3O5S. The number of rotatable bonds is 7. The molecule has 3 N–H and O–H groups in total. The van der Waals surface area contributed by atoms with Gasteiger partial charge in [-0.2, -0.15) is 4.31 Å². The summed E-state index contributed by atoms with van der Waals surface area (Å²) in [5, 5.41) is 2.74. The molecule has 0 aliphatic carbocycles. The van der Waals surface area contributed by atoms with Gasteiger partial charge in [0.25, 0.3) is 0 Å². The zero-order chi connectivity index (χ0) is 19.2. The number of benzene rings is 1. The Morgan fingerprint density at radius 2 is 2.00 bits per heavy atom. The fourth-order valence-corrected chi connectivity index (χ4v) is 4.92. The number of nitrogens with zero attached hydrogens (tertiary/aromatic N) is 1. The summed E-state index contributed by atoms with van der Waals surface area (Å²) in [6.45, 7) is 0.804. The summed E-state index contributed by atoms with van der Waals surface area (Å²) < 4.78 is 32.5. The van der Waals surface area contributed by atoms with Gasteiger partial charge in [0.2, 0.25) is 15.9 Å². The number of methoxy groups -OCH3 is 1. The van der Waals surface area contributed by atoms with Crippen LogP contribution in [-0.4, -0.2) is 57.4 Å². The molecule has 1 aliphatic heterocycles. The largest absolute Gasteiger partial charge is 0.465 e. The molecule has 1 aromatic rings. The second-order valence-corrected chi connectivity index (χ2v) is 7.95. The fourth-order valence-electron chi connectivity index (χ4n) is 3.04. The molecular weight excluding hydrogens is 394 g/mol. The first-order valence-corrected chi connectivity index (χ1v) is 10.0. The van der Waals surface area contributed by atoms with E-state index in [4.69, 9.17) is 10.5 Å². The summed E-state index contributed by atoms with van der Waals surface area (Å²) >= 11 is 0. The van der Waals surface area contributed by atoms with Crippen LogP contribution in [-0.2, 0) is 19.6 Å². The molecule has 152 valence electrons. The molecule has 1 fully saturated rings. The van der Waals surface area contributed by atoms with Crippen molar-refractivity contribution in [2.75, 3.05) is 26.7 Å². The molecule has 1 amide bonds. The standard InChI is InChI=1S/C17H25N3O5S.ClH/c1-25-17(22)14-7-2-3-8-15(14)26(23,24)20-11-5-4-6-13(20)12-19-16(21)9-10-18;/h2-3,7-8,13H,4-6,9-12,18H2,1H3,(H,19,21);1H. The molecule has 2 rings (SSSR count). The summed E-state index contributed by atoms with van der Waals surface area (Å²) in [6.07, 6.45) is 2.45. The minimum atomic E-state index is -3.90. The number of nitrogens with two attached hydrogens (primary N) is 1. The second-order valence-electron chi connectivity index (χ2n) is 6.10. The first kappa shape index (κ1) is 23.4. The van der Waals surface area contributed by atoms with Crippen molar-refractivity contribution in [3.05, 3.63) is 29.8 Å². The van der Waals surface area contributed by atoms with Crippen molar-refractivity contribution in [1.29, 1.82) is 0 Å². The first-order chi connectivity index (χ1) is 12.4. The Morgan fingerprint density at radius 1 is 1.30 bits per heavy atom. The summed E-state index contributed by atoms with van der Waals surface area (Å²) in [6, 6.07) is 5.63. The lowest BCUT2D eigenvalue weighted by molar-refractivity contribution is -0.121. The highest BCUT2D eigenvalue weighted by molar-refractivity contribution is 7.89. The maximum atomic E-state index is 13.2. The van der Waals surface area contributed by atoms with E-state index >= 15 is 0 Å². The van der Waals surface area contributed by atoms with Crippen LogP contribution in [0.15, 0.2) is 29.2 Å². The van der Waals surface area contributed by atoms with E-state index in [9.17, 15) is 18.0 Å². The van der Waals surface area contributed by atoms with E-state index in [1.165, 1.54) is 23.5 Å². The maximum absolute atomic E-state index is 13.2. The van der Waals surface area contributed by atoms with Gasteiger partial charge in [0.15, 0.2) is 0 Å². The van der Waals surface area contributed by atoms with E-state index in [2.05, 4.69) is 5.32 Å². The molecule has 1 unspecified atom stereocenters. The highest BCUT2D eigenvalue weighted by Crippen LogP contribution is 2.27. The van der Waals surface area contributed by atoms with Gasteiger partial charge >= 0.3 is 5.97 Å². The lowest BCUT2D eigenvalue weighted by Gasteiger charge is -2.35. The van der Waals surface area contributed by atoms with Crippen molar-refractivity contribution in [1.82, 2.24) is 9.62 Å². The lowest BCUT2D eigenvalue weighted by Crippen LogP contribution is -2.49. The number of esters is 1. The van der Waals surface area contributed by atoms with Crippen molar-refractivity contribution in [3.63, 3.8) is 0 Å². The van der Waals surface area contributed by atoms with Gasteiger partial charge in [0.05, 0.1) is 17.6 Å². The van der Waals surface area contributed by atoms with Gasteiger partial charge in [0.1, 0.15) is 0 Å². The van der Waals surface area contributed by atoms with E-state index in [1.807, 2.05) is 0 Å². The van der Waals surface area contributed by atoms with Gasteiger partial charge in [-0.15, -0.1) is 12.4 Å². The molecule has 27 heavy (non-hydrogen) atoms. The monoisotopic (exact) mass is 419 g/mol.